The fourth-order valence-electron chi connectivity index (χ4n) is 2.64. The lowest BCUT2D eigenvalue weighted by Gasteiger charge is -2.12. The van der Waals surface area contributed by atoms with Crippen molar-refractivity contribution in [3.05, 3.63) is 35.8 Å². The number of nitrogens with two attached hydrogens (primary N) is 1. The van der Waals surface area contributed by atoms with Gasteiger partial charge < -0.3 is 15.2 Å². The summed E-state index contributed by atoms with van der Waals surface area (Å²) in [4.78, 5) is 8.69. The average molecular weight is 285 g/mol. The molecular weight excluding hydrogens is 266 g/mol. The molecular formula is C16H19N3O2. The highest BCUT2D eigenvalue weighted by molar-refractivity contribution is 5.56. The van der Waals surface area contributed by atoms with E-state index in [1.54, 1.807) is 25.6 Å². The standard InChI is InChI=1S/C16H19N3O2/c1-20-15-8-7-11(9-13(15)17)21-16-12-5-3-2-4-6-14(12)18-10-19-16/h7-10H,2-6,17H2,1H3. The predicted molar refractivity (Wildman–Crippen MR) is 80.8 cm³/mol. The van der Waals surface area contributed by atoms with Gasteiger partial charge in [0.1, 0.15) is 17.8 Å². The maximum Gasteiger partial charge on any atom is 0.225 e. The van der Waals surface area contributed by atoms with Gasteiger partial charge in [-0.25, -0.2) is 9.97 Å². The molecule has 1 aliphatic rings. The summed E-state index contributed by atoms with van der Waals surface area (Å²) >= 11 is 0. The van der Waals surface area contributed by atoms with E-state index in [0.29, 0.717) is 23.1 Å². The highest BCUT2D eigenvalue weighted by atomic mass is 16.5. The Labute approximate surface area is 124 Å². The van der Waals surface area contributed by atoms with E-state index >= 15 is 0 Å². The minimum Gasteiger partial charge on any atom is -0.495 e. The van der Waals surface area contributed by atoms with Gasteiger partial charge in [0.25, 0.3) is 0 Å². The molecule has 0 saturated heterocycles. The molecule has 0 aliphatic heterocycles. The topological polar surface area (TPSA) is 70.3 Å². The van der Waals surface area contributed by atoms with Gasteiger partial charge in [0, 0.05) is 11.6 Å². The number of ether oxygens (including phenoxy) is 2. The van der Waals surface area contributed by atoms with E-state index in [1.165, 1.54) is 12.8 Å². The second-order valence-corrected chi connectivity index (χ2v) is 5.17. The zero-order valence-corrected chi connectivity index (χ0v) is 12.1. The molecule has 0 unspecified atom stereocenters. The molecule has 1 heterocycles. The van der Waals surface area contributed by atoms with Crippen molar-refractivity contribution in [2.24, 2.45) is 0 Å². The predicted octanol–water partition coefficient (Wildman–Crippen LogP) is 3.13. The minimum absolute atomic E-state index is 0.551. The zero-order valence-electron chi connectivity index (χ0n) is 12.1. The molecule has 0 saturated carbocycles. The molecule has 5 heteroatoms. The molecule has 21 heavy (non-hydrogen) atoms. The summed E-state index contributed by atoms with van der Waals surface area (Å²) in [6, 6.07) is 5.38. The van der Waals surface area contributed by atoms with Crippen LogP contribution in [0.25, 0.3) is 0 Å². The van der Waals surface area contributed by atoms with Crippen molar-refractivity contribution in [2.75, 3.05) is 12.8 Å². The van der Waals surface area contributed by atoms with Crippen LogP contribution in [-0.4, -0.2) is 17.1 Å². The second kappa shape index (κ2) is 5.99. The van der Waals surface area contributed by atoms with Crippen molar-refractivity contribution in [3.63, 3.8) is 0 Å². The van der Waals surface area contributed by atoms with Crippen molar-refractivity contribution < 1.29 is 9.47 Å². The highest BCUT2D eigenvalue weighted by Crippen LogP contribution is 2.32. The van der Waals surface area contributed by atoms with E-state index in [0.717, 1.165) is 30.5 Å². The Morgan fingerprint density at radius 2 is 1.95 bits per heavy atom. The Bertz CT molecular complexity index is 643. The van der Waals surface area contributed by atoms with Crippen LogP contribution in [0, 0.1) is 0 Å². The number of hydrogen-bond acceptors (Lipinski definition) is 5. The van der Waals surface area contributed by atoms with Crippen LogP contribution in [0.2, 0.25) is 0 Å². The van der Waals surface area contributed by atoms with Crippen LogP contribution in [-0.2, 0) is 12.8 Å². The monoisotopic (exact) mass is 285 g/mol. The van der Waals surface area contributed by atoms with Crippen LogP contribution in [0.4, 0.5) is 5.69 Å². The largest absolute Gasteiger partial charge is 0.495 e. The molecule has 1 aliphatic carbocycles. The fourth-order valence-corrected chi connectivity index (χ4v) is 2.64. The molecule has 110 valence electrons. The van der Waals surface area contributed by atoms with E-state index in [1.807, 2.05) is 6.07 Å². The van der Waals surface area contributed by atoms with Crippen LogP contribution >= 0.6 is 0 Å². The second-order valence-electron chi connectivity index (χ2n) is 5.17. The van der Waals surface area contributed by atoms with Crippen LogP contribution in [0.5, 0.6) is 17.4 Å². The molecule has 2 aromatic rings. The number of aromatic nitrogens is 2. The Morgan fingerprint density at radius 1 is 1.10 bits per heavy atom. The molecule has 2 N–H and O–H groups in total. The number of nitrogens with zero attached hydrogens (tertiary/aromatic N) is 2. The summed E-state index contributed by atoms with van der Waals surface area (Å²) in [5.41, 5.74) is 8.70. The first-order chi connectivity index (χ1) is 10.3. The summed E-state index contributed by atoms with van der Waals surface area (Å²) in [7, 11) is 1.59. The molecule has 3 rings (SSSR count). The Balaban J connectivity index is 1.90. The molecule has 0 radical (unpaired) electrons. The Hall–Kier alpha value is -2.30. The van der Waals surface area contributed by atoms with E-state index in [4.69, 9.17) is 15.2 Å². The maximum atomic E-state index is 5.93. The smallest absolute Gasteiger partial charge is 0.225 e. The molecule has 0 bridgehead atoms. The van der Waals surface area contributed by atoms with Crippen molar-refractivity contribution in [1.82, 2.24) is 9.97 Å². The molecule has 0 amide bonds. The first-order valence-electron chi connectivity index (χ1n) is 7.22. The first kappa shape index (κ1) is 13.7. The van der Waals surface area contributed by atoms with Crippen molar-refractivity contribution in [2.45, 2.75) is 32.1 Å². The van der Waals surface area contributed by atoms with E-state index < -0.39 is 0 Å². The number of methoxy groups -OCH3 is 1. The number of aryl methyl sites for hydroxylation is 1. The molecule has 5 nitrogen and oxygen atoms in total. The number of benzene rings is 1. The molecule has 0 spiro atoms. The van der Waals surface area contributed by atoms with Gasteiger partial charge in [-0.15, -0.1) is 0 Å². The normalized spacial score (nSPS) is 14.1. The summed E-state index contributed by atoms with van der Waals surface area (Å²) in [6.45, 7) is 0. The third kappa shape index (κ3) is 2.91. The van der Waals surface area contributed by atoms with Gasteiger partial charge in [-0.3, -0.25) is 0 Å². The van der Waals surface area contributed by atoms with Crippen LogP contribution in [0.3, 0.4) is 0 Å². The van der Waals surface area contributed by atoms with E-state index in [9.17, 15) is 0 Å². The van der Waals surface area contributed by atoms with Gasteiger partial charge in [0.15, 0.2) is 0 Å². The summed E-state index contributed by atoms with van der Waals surface area (Å²) in [6.07, 6.45) is 7.11. The number of rotatable bonds is 3. The molecule has 1 aromatic carbocycles. The lowest BCUT2D eigenvalue weighted by atomic mass is 10.1. The highest BCUT2D eigenvalue weighted by Gasteiger charge is 2.16. The number of nitrogen functional groups attached to an aromatic ring is 1. The number of fused-ring (bicyclic) bond motifs is 1. The summed E-state index contributed by atoms with van der Waals surface area (Å²) < 4.78 is 11.1. The van der Waals surface area contributed by atoms with Crippen molar-refractivity contribution in [1.29, 1.82) is 0 Å². The van der Waals surface area contributed by atoms with Crippen LogP contribution < -0.4 is 15.2 Å². The average Bonchev–Trinajstić information content (AvgIpc) is 2.73. The van der Waals surface area contributed by atoms with E-state index in [2.05, 4.69) is 9.97 Å². The van der Waals surface area contributed by atoms with Crippen LogP contribution in [0.1, 0.15) is 30.5 Å². The third-order valence-electron chi connectivity index (χ3n) is 3.75. The lowest BCUT2D eigenvalue weighted by Crippen LogP contribution is -2.01. The van der Waals surface area contributed by atoms with Gasteiger partial charge in [0.2, 0.25) is 5.88 Å². The van der Waals surface area contributed by atoms with E-state index in [-0.39, 0.29) is 0 Å². The third-order valence-corrected chi connectivity index (χ3v) is 3.75. The van der Waals surface area contributed by atoms with Gasteiger partial charge >= 0.3 is 0 Å². The van der Waals surface area contributed by atoms with Gasteiger partial charge in [-0.05, 0) is 37.8 Å². The van der Waals surface area contributed by atoms with Crippen molar-refractivity contribution >= 4 is 5.69 Å². The van der Waals surface area contributed by atoms with Gasteiger partial charge in [-0.2, -0.15) is 0 Å². The molecule has 1 aromatic heterocycles. The quantitative estimate of drug-likeness (QED) is 0.693. The Kier molecular flexibility index (Phi) is 3.90. The summed E-state index contributed by atoms with van der Waals surface area (Å²) in [5.74, 6) is 1.95. The lowest BCUT2D eigenvalue weighted by molar-refractivity contribution is 0.414. The number of anilines is 1. The Morgan fingerprint density at radius 3 is 2.76 bits per heavy atom. The zero-order chi connectivity index (χ0) is 14.7. The first-order valence-corrected chi connectivity index (χ1v) is 7.22. The van der Waals surface area contributed by atoms with Gasteiger partial charge in [0.05, 0.1) is 18.5 Å². The SMILES string of the molecule is COc1ccc(Oc2ncnc3c2CCCCC3)cc1N. The number of hydrogen-bond donors (Lipinski definition) is 1. The van der Waals surface area contributed by atoms with Crippen molar-refractivity contribution in [3.8, 4) is 17.4 Å². The van der Waals surface area contributed by atoms with Crippen LogP contribution in [0.15, 0.2) is 24.5 Å². The summed E-state index contributed by atoms with van der Waals surface area (Å²) in [5, 5.41) is 0. The maximum absolute atomic E-state index is 5.93. The minimum atomic E-state index is 0.551. The molecule has 0 atom stereocenters. The molecule has 0 fully saturated rings. The fraction of sp³-hybridized carbons (Fsp3) is 0.375. The van der Waals surface area contributed by atoms with Gasteiger partial charge in [-0.1, -0.05) is 6.42 Å².